The minimum atomic E-state index is -4.24. The number of hydrogen-bond acceptors (Lipinski definition) is 6. The van der Waals surface area contributed by atoms with Crippen LogP contribution in [0.2, 0.25) is 0 Å². The number of carboxylic acid groups (broad SMARTS) is 1. The number of nitrogens with zero attached hydrogens (tertiary/aromatic N) is 1. The summed E-state index contributed by atoms with van der Waals surface area (Å²) in [7, 11) is -4.24. The van der Waals surface area contributed by atoms with Crippen LogP contribution in [-0.2, 0) is 14.8 Å². The fraction of sp³-hybridized carbons (Fsp3) is 0.188. The lowest BCUT2D eigenvalue weighted by Crippen LogP contribution is -2.41. The van der Waals surface area contributed by atoms with Gasteiger partial charge in [-0.2, -0.15) is 0 Å². The van der Waals surface area contributed by atoms with Crippen molar-refractivity contribution in [2.45, 2.75) is 4.90 Å². The van der Waals surface area contributed by atoms with Gasteiger partial charge in [0.2, 0.25) is 0 Å². The van der Waals surface area contributed by atoms with E-state index in [0.717, 1.165) is 12.1 Å². The van der Waals surface area contributed by atoms with Crippen molar-refractivity contribution in [3.63, 3.8) is 0 Å². The number of hydrogen-bond donors (Lipinski definition) is 0. The first-order chi connectivity index (χ1) is 11.9. The van der Waals surface area contributed by atoms with E-state index in [1.807, 2.05) is 0 Å². The van der Waals surface area contributed by atoms with Crippen LogP contribution >= 0.6 is 0 Å². The van der Waals surface area contributed by atoms with Crippen LogP contribution in [0.25, 0.3) is 0 Å². The molecule has 0 saturated heterocycles. The Hall–Kier alpha value is -2.81. The zero-order chi connectivity index (χ0) is 18.0. The molecule has 25 heavy (non-hydrogen) atoms. The van der Waals surface area contributed by atoms with E-state index >= 15 is 0 Å². The first kappa shape index (κ1) is 17.0. The summed E-state index contributed by atoms with van der Waals surface area (Å²) in [5.41, 5.74) is 0.000453. The summed E-state index contributed by atoms with van der Waals surface area (Å²) >= 11 is 0. The van der Waals surface area contributed by atoms with E-state index in [-0.39, 0.29) is 22.9 Å². The molecule has 0 fully saturated rings. The highest BCUT2D eigenvalue weighted by atomic mass is 32.2. The molecule has 0 unspecified atom stereocenters. The van der Waals surface area contributed by atoms with Crippen LogP contribution in [-0.4, -0.2) is 34.1 Å². The van der Waals surface area contributed by atoms with Crippen molar-refractivity contribution in [3.05, 3.63) is 48.3 Å². The molecule has 0 aliphatic carbocycles. The second-order valence-corrected chi connectivity index (χ2v) is 7.03. The smallest absolute Gasteiger partial charge is 0.264 e. The number of carbonyl (C=O) groups is 1. The fourth-order valence-corrected chi connectivity index (χ4v) is 3.78. The number of sulfonamides is 1. The highest BCUT2D eigenvalue weighted by Gasteiger charge is 2.27. The van der Waals surface area contributed by atoms with Crippen LogP contribution in [0.5, 0.6) is 11.5 Å². The molecular weight excluding hydrogens is 353 g/mol. The highest BCUT2D eigenvalue weighted by Crippen LogP contribution is 2.34. The van der Waals surface area contributed by atoms with E-state index in [0.29, 0.717) is 16.7 Å². The molecule has 2 aromatic carbocycles. The van der Waals surface area contributed by atoms with E-state index < -0.39 is 28.4 Å². The van der Waals surface area contributed by atoms with Gasteiger partial charge < -0.3 is 19.4 Å². The van der Waals surface area contributed by atoms with Gasteiger partial charge >= 0.3 is 0 Å². The maximum atomic E-state index is 13.1. The Kier molecular flexibility index (Phi) is 4.49. The lowest BCUT2D eigenvalue weighted by Gasteiger charge is -2.26. The standard InChI is InChI=1S/C16H14FNO6S/c17-11-1-3-12(4-2-11)18(10-16(19)20)25(21,22)13-5-6-14-15(9-13)24-8-7-23-14/h1-6,9H,7-8,10H2,(H,19,20)/p-1. The van der Waals surface area contributed by atoms with Crippen LogP contribution in [0.15, 0.2) is 47.4 Å². The van der Waals surface area contributed by atoms with Crippen molar-refractivity contribution < 1.29 is 32.2 Å². The highest BCUT2D eigenvalue weighted by molar-refractivity contribution is 7.92. The molecule has 7 nitrogen and oxygen atoms in total. The maximum Gasteiger partial charge on any atom is 0.264 e. The Morgan fingerprint density at radius 2 is 1.72 bits per heavy atom. The van der Waals surface area contributed by atoms with Crippen molar-refractivity contribution in [1.82, 2.24) is 0 Å². The Bertz CT molecular complexity index is 897. The fourth-order valence-electron chi connectivity index (χ4n) is 2.35. The van der Waals surface area contributed by atoms with Gasteiger partial charge in [0.1, 0.15) is 19.0 Å². The van der Waals surface area contributed by atoms with Crippen molar-refractivity contribution in [2.75, 3.05) is 24.1 Å². The predicted octanol–water partition coefficient (Wildman–Crippen LogP) is 0.542. The van der Waals surface area contributed by atoms with Crippen molar-refractivity contribution in [2.24, 2.45) is 0 Å². The maximum absolute atomic E-state index is 13.1. The topological polar surface area (TPSA) is 96.0 Å². The number of carbonyl (C=O) groups excluding carboxylic acids is 1. The third-order valence-corrected chi connectivity index (χ3v) is 5.26. The molecule has 0 spiro atoms. The summed E-state index contributed by atoms with van der Waals surface area (Å²) < 4.78 is 50.2. The summed E-state index contributed by atoms with van der Waals surface area (Å²) in [4.78, 5) is 10.8. The van der Waals surface area contributed by atoms with Gasteiger partial charge in [-0.15, -0.1) is 0 Å². The second kappa shape index (κ2) is 6.60. The molecule has 0 radical (unpaired) electrons. The number of carboxylic acids is 1. The Morgan fingerprint density at radius 1 is 1.08 bits per heavy atom. The second-order valence-electron chi connectivity index (χ2n) is 5.17. The van der Waals surface area contributed by atoms with Gasteiger partial charge in [0.15, 0.2) is 11.5 Å². The first-order valence-corrected chi connectivity index (χ1v) is 8.70. The molecule has 0 atom stereocenters. The monoisotopic (exact) mass is 366 g/mol. The number of benzene rings is 2. The van der Waals surface area contributed by atoms with Crippen molar-refractivity contribution in [1.29, 1.82) is 0 Å². The average molecular weight is 366 g/mol. The SMILES string of the molecule is O=C([O-])CN(c1ccc(F)cc1)S(=O)(=O)c1ccc2c(c1)OCCO2. The van der Waals surface area contributed by atoms with Gasteiger partial charge in [0.05, 0.1) is 23.1 Å². The number of ether oxygens (including phenoxy) is 2. The third-order valence-electron chi connectivity index (χ3n) is 3.49. The van der Waals surface area contributed by atoms with Gasteiger partial charge in [-0.25, -0.2) is 12.8 Å². The number of aliphatic carboxylic acids is 1. The molecule has 2 aromatic rings. The van der Waals surface area contributed by atoms with Crippen LogP contribution in [0, 0.1) is 5.82 Å². The van der Waals surface area contributed by atoms with E-state index in [1.165, 1.54) is 30.3 Å². The van der Waals surface area contributed by atoms with Gasteiger partial charge in [-0.3, -0.25) is 4.31 Å². The summed E-state index contributed by atoms with van der Waals surface area (Å²) in [6.45, 7) is -0.287. The number of halogens is 1. The van der Waals surface area contributed by atoms with Crippen LogP contribution in [0.1, 0.15) is 0 Å². The van der Waals surface area contributed by atoms with Crippen LogP contribution < -0.4 is 18.9 Å². The van der Waals surface area contributed by atoms with Gasteiger partial charge in [0.25, 0.3) is 10.0 Å². The quantitative estimate of drug-likeness (QED) is 0.766. The predicted molar refractivity (Wildman–Crippen MR) is 83.4 cm³/mol. The number of anilines is 1. The summed E-state index contributed by atoms with van der Waals surface area (Å²) in [6, 6.07) is 8.41. The molecule has 0 aromatic heterocycles. The Labute approximate surface area is 143 Å². The summed E-state index contributed by atoms with van der Waals surface area (Å²) in [5.74, 6) is -1.52. The molecule has 132 valence electrons. The minimum Gasteiger partial charge on any atom is -0.548 e. The molecule has 0 bridgehead atoms. The third kappa shape index (κ3) is 3.50. The average Bonchev–Trinajstić information content (AvgIpc) is 2.60. The van der Waals surface area contributed by atoms with Crippen LogP contribution in [0.4, 0.5) is 10.1 Å². The molecule has 1 aliphatic heterocycles. The molecule has 3 rings (SSSR count). The number of rotatable bonds is 5. The molecular formula is C16H13FNO6S-. The minimum absolute atomic E-state index is 0.000453. The Balaban J connectivity index is 2.04. The molecule has 0 N–H and O–H groups in total. The zero-order valence-corrected chi connectivity index (χ0v) is 13.7. The van der Waals surface area contributed by atoms with Crippen LogP contribution in [0.3, 0.4) is 0 Å². The molecule has 0 saturated carbocycles. The van der Waals surface area contributed by atoms with E-state index in [2.05, 4.69) is 0 Å². The van der Waals surface area contributed by atoms with Gasteiger partial charge in [-0.05, 0) is 36.4 Å². The van der Waals surface area contributed by atoms with E-state index in [1.54, 1.807) is 0 Å². The first-order valence-electron chi connectivity index (χ1n) is 7.26. The van der Waals surface area contributed by atoms with Gasteiger partial charge in [0, 0.05) is 6.07 Å². The number of fused-ring (bicyclic) bond motifs is 1. The van der Waals surface area contributed by atoms with Crippen molar-refractivity contribution in [3.8, 4) is 11.5 Å². The zero-order valence-electron chi connectivity index (χ0n) is 12.8. The molecule has 9 heteroatoms. The summed E-state index contributed by atoms with van der Waals surface area (Å²) in [5, 5.41) is 11.0. The van der Waals surface area contributed by atoms with Gasteiger partial charge in [-0.1, -0.05) is 0 Å². The molecule has 1 aliphatic rings. The lowest BCUT2D eigenvalue weighted by atomic mass is 10.3. The van der Waals surface area contributed by atoms with E-state index in [4.69, 9.17) is 9.47 Å². The molecule has 1 heterocycles. The normalized spacial score (nSPS) is 13.3. The molecule has 0 amide bonds. The Morgan fingerprint density at radius 3 is 2.36 bits per heavy atom. The van der Waals surface area contributed by atoms with E-state index in [9.17, 15) is 22.7 Å². The largest absolute Gasteiger partial charge is 0.548 e. The van der Waals surface area contributed by atoms with Crippen molar-refractivity contribution >= 4 is 21.7 Å². The summed E-state index contributed by atoms with van der Waals surface area (Å²) in [6.07, 6.45) is 0. The lowest BCUT2D eigenvalue weighted by molar-refractivity contribution is -0.303.